The molecule has 0 aliphatic carbocycles. The maximum absolute atomic E-state index is 11.6. The number of Topliss-reactive ketones (excluding diaryl/α,β-unsaturated/α-hetero) is 1. The molecule has 2 saturated heterocycles. The number of carbonyl (C=O) groups excluding carboxylic acids is 1. The third-order valence-corrected chi connectivity index (χ3v) is 5.95. The summed E-state index contributed by atoms with van der Waals surface area (Å²) in [5, 5.41) is 6.47. The Bertz CT molecular complexity index is 953. The highest BCUT2D eigenvalue weighted by molar-refractivity contribution is 7.13. The number of ketones is 1. The zero-order valence-electron chi connectivity index (χ0n) is 14.6. The average Bonchev–Trinajstić information content (AvgIpc) is 3.33. The highest BCUT2D eigenvalue weighted by Crippen LogP contribution is 2.35. The molecular weight excluding hydrogens is 348 g/mol. The standard InChI is InChI=1S/C19H20N4O2S/c1-11(24)6-12-7-15(18-20-4-5-26-18)17-16(8-12)22-19(25-17)23-9-13-2-3-14(10-23)21-13/h4-5,7-8,13-14,21H,2-3,6,9-10H2,1H3. The maximum Gasteiger partial charge on any atom is 0.298 e. The lowest BCUT2D eigenvalue weighted by Gasteiger charge is -2.31. The van der Waals surface area contributed by atoms with Crippen LogP contribution in [0.3, 0.4) is 0 Å². The van der Waals surface area contributed by atoms with E-state index in [0.717, 1.165) is 40.3 Å². The van der Waals surface area contributed by atoms with Crippen molar-refractivity contribution in [1.29, 1.82) is 0 Å². The van der Waals surface area contributed by atoms with Gasteiger partial charge in [0.15, 0.2) is 5.58 Å². The molecule has 1 aromatic carbocycles. The second kappa shape index (κ2) is 6.17. The Labute approximate surface area is 155 Å². The van der Waals surface area contributed by atoms with Crippen LogP contribution in [0.4, 0.5) is 6.01 Å². The van der Waals surface area contributed by atoms with Gasteiger partial charge in [-0.15, -0.1) is 11.3 Å². The number of piperazine rings is 1. The molecule has 6 nitrogen and oxygen atoms in total. The topological polar surface area (TPSA) is 71.3 Å². The molecule has 2 aliphatic heterocycles. The Morgan fingerprint density at radius 2 is 2.15 bits per heavy atom. The van der Waals surface area contributed by atoms with Crippen molar-refractivity contribution < 1.29 is 9.21 Å². The number of aromatic nitrogens is 2. The van der Waals surface area contributed by atoms with Gasteiger partial charge >= 0.3 is 0 Å². The van der Waals surface area contributed by atoms with E-state index in [1.807, 2.05) is 17.5 Å². The molecule has 7 heteroatoms. The predicted molar refractivity (Wildman–Crippen MR) is 102 cm³/mol. The number of fused-ring (bicyclic) bond motifs is 3. The van der Waals surface area contributed by atoms with Gasteiger partial charge in [0, 0.05) is 43.2 Å². The molecule has 134 valence electrons. The normalized spacial score (nSPS) is 22.3. The second-order valence-corrected chi connectivity index (χ2v) is 8.14. The number of rotatable bonds is 4. The Kier molecular flexibility index (Phi) is 3.79. The number of hydrogen-bond donors (Lipinski definition) is 1. The van der Waals surface area contributed by atoms with E-state index >= 15 is 0 Å². The molecule has 1 N–H and O–H groups in total. The number of hydrogen-bond acceptors (Lipinski definition) is 7. The van der Waals surface area contributed by atoms with Gasteiger partial charge < -0.3 is 14.6 Å². The van der Waals surface area contributed by atoms with Crippen LogP contribution in [0.25, 0.3) is 21.7 Å². The summed E-state index contributed by atoms with van der Waals surface area (Å²) in [7, 11) is 0. The second-order valence-electron chi connectivity index (χ2n) is 7.25. The van der Waals surface area contributed by atoms with Crippen molar-refractivity contribution in [2.45, 2.75) is 38.3 Å². The van der Waals surface area contributed by atoms with E-state index in [1.54, 1.807) is 24.5 Å². The minimum absolute atomic E-state index is 0.136. The molecule has 2 aliphatic rings. The lowest BCUT2D eigenvalue weighted by molar-refractivity contribution is -0.116. The van der Waals surface area contributed by atoms with E-state index in [9.17, 15) is 4.79 Å². The van der Waals surface area contributed by atoms with E-state index in [2.05, 4.69) is 15.2 Å². The van der Waals surface area contributed by atoms with Gasteiger partial charge in [-0.3, -0.25) is 4.79 Å². The smallest absolute Gasteiger partial charge is 0.298 e. The number of thiazole rings is 1. The molecule has 0 amide bonds. The Morgan fingerprint density at radius 3 is 2.85 bits per heavy atom. The van der Waals surface area contributed by atoms with Gasteiger partial charge in [0.1, 0.15) is 16.3 Å². The Balaban J connectivity index is 1.60. The summed E-state index contributed by atoms with van der Waals surface area (Å²) >= 11 is 1.57. The first-order valence-corrected chi connectivity index (χ1v) is 9.87. The lowest BCUT2D eigenvalue weighted by Crippen LogP contribution is -2.51. The van der Waals surface area contributed by atoms with Crippen molar-refractivity contribution >= 4 is 34.2 Å². The van der Waals surface area contributed by atoms with Crippen LogP contribution in [0.1, 0.15) is 25.3 Å². The molecule has 0 radical (unpaired) electrons. The van der Waals surface area contributed by atoms with E-state index in [0.29, 0.717) is 24.5 Å². The Morgan fingerprint density at radius 1 is 1.35 bits per heavy atom. The van der Waals surface area contributed by atoms with Crippen LogP contribution in [-0.2, 0) is 11.2 Å². The van der Waals surface area contributed by atoms with E-state index in [-0.39, 0.29) is 5.78 Å². The van der Waals surface area contributed by atoms with E-state index < -0.39 is 0 Å². The van der Waals surface area contributed by atoms with Gasteiger partial charge in [-0.25, -0.2) is 4.98 Å². The fraction of sp³-hybridized carbons (Fsp3) is 0.421. The van der Waals surface area contributed by atoms with Crippen molar-refractivity contribution in [3.8, 4) is 10.6 Å². The van der Waals surface area contributed by atoms with E-state index in [4.69, 9.17) is 9.40 Å². The summed E-state index contributed by atoms with van der Waals surface area (Å²) in [5.41, 5.74) is 3.43. The number of nitrogens with one attached hydrogen (secondary N) is 1. The largest absolute Gasteiger partial charge is 0.423 e. The molecule has 5 rings (SSSR count). The third kappa shape index (κ3) is 2.81. The third-order valence-electron chi connectivity index (χ3n) is 5.14. The first kappa shape index (κ1) is 16.0. The quantitative estimate of drug-likeness (QED) is 0.763. The van der Waals surface area contributed by atoms with Gasteiger partial charge in [-0.05, 0) is 37.5 Å². The Hall–Kier alpha value is -2.25. The van der Waals surface area contributed by atoms with Crippen LogP contribution in [0.5, 0.6) is 0 Å². The molecular formula is C19H20N4O2S. The molecule has 2 unspecified atom stereocenters. The van der Waals surface area contributed by atoms with E-state index in [1.165, 1.54) is 12.8 Å². The van der Waals surface area contributed by atoms with Gasteiger partial charge in [0.25, 0.3) is 6.01 Å². The van der Waals surface area contributed by atoms with Crippen molar-refractivity contribution in [3.05, 3.63) is 29.3 Å². The van der Waals surface area contributed by atoms with Crippen molar-refractivity contribution in [2.75, 3.05) is 18.0 Å². The summed E-state index contributed by atoms with van der Waals surface area (Å²) < 4.78 is 6.22. The first-order chi connectivity index (χ1) is 12.7. The highest BCUT2D eigenvalue weighted by Gasteiger charge is 2.34. The van der Waals surface area contributed by atoms with Crippen LogP contribution in [0.2, 0.25) is 0 Å². The molecule has 0 spiro atoms. The molecule has 2 fully saturated rings. The number of oxazole rings is 1. The number of nitrogens with zero attached hydrogens (tertiary/aromatic N) is 3. The molecule has 4 heterocycles. The SMILES string of the molecule is CC(=O)Cc1cc(-c2nccs2)c2oc(N3CC4CCC(C3)N4)nc2c1. The van der Waals surface area contributed by atoms with Crippen LogP contribution in [-0.4, -0.2) is 40.9 Å². The summed E-state index contributed by atoms with van der Waals surface area (Å²) in [4.78, 5) is 23.1. The average molecular weight is 368 g/mol. The number of benzene rings is 1. The lowest BCUT2D eigenvalue weighted by atomic mass is 10.1. The summed E-state index contributed by atoms with van der Waals surface area (Å²) in [5.74, 6) is 0.136. The molecule has 0 saturated carbocycles. The van der Waals surface area contributed by atoms with Crippen molar-refractivity contribution in [2.24, 2.45) is 0 Å². The highest BCUT2D eigenvalue weighted by atomic mass is 32.1. The predicted octanol–water partition coefficient (Wildman–Crippen LogP) is 3.02. The fourth-order valence-corrected chi connectivity index (χ4v) is 4.72. The number of anilines is 1. The minimum Gasteiger partial charge on any atom is -0.423 e. The van der Waals surface area contributed by atoms with Crippen molar-refractivity contribution in [1.82, 2.24) is 15.3 Å². The summed E-state index contributed by atoms with van der Waals surface area (Å²) in [6.45, 7) is 3.46. The molecule has 2 atom stereocenters. The minimum atomic E-state index is 0.136. The molecule has 2 aromatic heterocycles. The summed E-state index contributed by atoms with van der Waals surface area (Å²) in [6, 6.07) is 5.71. The molecule has 3 aromatic rings. The van der Waals surface area contributed by atoms with Gasteiger partial charge in [-0.1, -0.05) is 0 Å². The van der Waals surface area contributed by atoms with Crippen LogP contribution < -0.4 is 10.2 Å². The first-order valence-electron chi connectivity index (χ1n) is 8.99. The van der Waals surface area contributed by atoms with Crippen molar-refractivity contribution in [3.63, 3.8) is 0 Å². The monoisotopic (exact) mass is 368 g/mol. The van der Waals surface area contributed by atoms with Gasteiger partial charge in [-0.2, -0.15) is 4.98 Å². The maximum atomic E-state index is 11.6. The van der Waals surface area contributed by atoms with Crippen LogP contribution in [0.15, 0.2) is 28.1 Å². The van der Waals surface area contributed by atoms with Crippen LogP contribution in [0, 0.1) is 0 Å². The molecule has 2 bridgehead atoms. The summed E-state index contributed by atoms with van der Waals surface area (Å²) in [6.07, 6.45) is 4.62. The van der Waals surface area contributed by atoms with Crippen LogP contribution >= 0.6 is 11.3 Å². The fourth-order valence-electron chi connectivity index (χ4n) is 4.07. The number of carbonyl (C=O) groups is 1. The zero-order valence-corrected chi connectivity index (χ0v) is 15.4. The van der Waals surface area contributed by atoms with Gasteiger partial charge in [0.2, 0.25) is 0 Å². The van der Waals surface area contributed by atoms with Gasteiger partial charge in [0.05, 0.1) is 5.56 Å². The zero-order chi connectivity index (χ0) is 17.7. The molecule has 26 heavy (non-hydrogen) atoms.